The van der Waals surface area contributed by atoms with Gasteiger partial charge in [-0.3, -0.25) is 9.08 Å². The molecule has 1 saturated heterocycles. The lowest BCUT2D eigenvalue weighted by Gasteiger charge is -2.23. The fourth-order valence-corrected chi connectivity index (χ4v) is 4.20. The molecule has 1 N–H and O–H groups in total. The molecule has 3 rings (SSSR count). The Morgan fingerprint density at radius 2 is 1.87 bits per heavy atom. The van der Waals surface area contributed by atoms with Crippen LogP contribution in [0.2, 0.25) is 0 Å². The number of nitrogens with zero attached hydrogens (tertiary/aromatic N) is 1. The Morgan fingerprint density at radius 3 is 2.58 bits per heavy atom. The first-order chi connectivity index (χ1) is 14.9. The van der Waals surface area contributed by atoms with Gasteiger partial charge in [0.05, 0.1) is 23.6 Å². The molecule has 0 saturated carbocycles. The molecule has 2 aromatic carbocycles. The molecule has 0 bridgehead atoms. The maximum atomic E-state index is 12.4. The van der Waals surface area contributed by atoms with E-state index in [1.807, 2.05) is 37.3 Å². The van der Waals surface area contributed by atoms with E-state index in [-0.39, 0.29) is 18.1 Å². The molecule has 31 heavy (non-hydrogen) atoms. The second kappa shape index (κ2) is 10.6. The lowest BCUT2D eigenvalue weighted by Crippen LogP contribution is -2.38. The summed E-state index contributed by atoms with van der Waals surface area (Å²) >= 11 is 0. The van der Waals surface area contributed by atoms with Gasteiger partial charge in [0.2, 0.25) is 0 Å². The summed E-state index contributed by atoms with van der Waals surface area (Å²) in [4.78, 5) is 14.0. The van der Waals surface area contributed by atoms with E-state index in [9.17, 15) is 18.3 Å². The Morgan fingerprint density at radius 1 is 1.16 bits per heavy atom. The summed E-state index contributed by atoms with van der Waals surface area (Å²) in [5, 5.41) is 10.2. The molecule has 1 aliphatic rings. The molecular weight excluding hydrogens is 418 g/mol. The van der Waals surface area contributed by atoms with Crippen molar-refractivity contribution in [3.05, 3.63) is 77.9 Å². The van der Waals surface area contributed by atoms with Crippen molar-refractivity contribution >= 4 is 16.2 Å². The fraction of sp³-hybridized carbons (Fsp3) is 0.348. The van der Waals surface area contributed by atoms with Gasteiger partial charge in [0.15, 0.2) is 0 Å². The molecule has 1 heterocycles. The van der Waals surface area contributed by atoms with Crippen molar-refractivity contribution < 1.29 is 27.2 Å². The van der Waals surface area contributed by atoms with Crippen LogP contribution < -0.4 is 0 Å². The maximum absolute atomic E-state index is 12.4. The minimum Gasteiger partial charge on any atom is -0.445 e. The first-order valence-corrected chi connectivity index (χ1v) is 11.6. The van der Waals surface area contributed by atoms with Crippen LogP contribution in [0.4, 0.5) is 4.79 Å². The molecule has 0 unspecified atom stereocenters. The number of amides is 1. The Bertz CT molecular complexity index is 988. The third-order valence-corrected chi connectivity index (χ3v) is 6.35. The van der Waals surface area contributed by atoms with Gasteiger partial charge in [0.1, 0.15) is 6.61 Å². The Balaban J connectivity index is 1.49. The summed E-state index contributed by atoms with van der Waals surface area (Å²) in [6, 6.07) is 15.3. The summed E-state index contributed by atoms with van der Waals surface area (Å²) in [6.07, 6.45) is 2.99. The van der Waals surface area contributed by atoms with Crippen molar-refractivity contribution in [3.63, 3.8) is 0 Å². The van der Waals surface area contributed by atoms with Crippen LogP contribution >= 0.6 is 0 Å². The second-order valence-corrected chi connectivity index (χ2v) is 9.00. The normalized spacial score (nSPS) is 19.1. The third kappa shape index (κ3) is 6.40. The number of aliphatic hydroxyl groups excluding tert-OH is 1. The zero-order chi connectivity index (χ0) is 22.3. The molecule has 1 amide bonds. The van der Waals surface area contributed by atoms with E-state index in [2.05, 4.69) is 0 Å². The van der Waals surface area contributed by atoms with Gasteiger partial charge in [-0.2, -0.15) is 8.42 Å². The molecule has 1 fully saturated rings. The van der Waals surface area contributed by atoms with E-state index >= 15 is 0 Å². The summed E-state index contributed by atoms with van der Waals surface area (Å²) in [5.74, 6) is 0. The van der Waals surface area contributed by atoms with E-state index in [1.54, 1.807) is 24.3 Å². The summed E-state index contributed by atoms with van der Waals surface area (Å²) < 4.78 is 34.8. The molecule has 2 atom stereocenters. The zero-order valence-corrected chi connectivity index (χ0v) is 18.2. The van der Waals surface area contributed by atoms with Crippen LogP contribution in [-0.2, 0) is 25.6 Å². The van der Waals surface area contributed by atoms with Gasteiger partial charge in [-0.1, -0.05) is 60.2 Å². The highest BCUT2D eigenvalue weighted by atomic mass is 32.2. The van der Waals surface area contributed by atoms with E-state index in [0.717, 1.165) is 11.1 Å². The minimum atomic E-state index is -3.81. The maximum Gasteiger partial charge on any atom is 0.410 e. The summed E-state index contributed by atoms with van der Waals surface area (Å²) in [7, 11) is -3.81. The van der Waals surface area contributed by atoms with Gasteiger partial charge in [-0.15, -0.1) is 0 Å². The topological polar surface area (TPSA) is 93.1 Å². The van der Waals surface area contributed by atoms with Crippen molar-refractivity contribution in [1.29, 1.82) is 0 Å². The zero-order valence-electron chi connectivity index (χ0n) is 17.4. The van der Waals surface area contributed by atoms with Gasteiger partial charge in [-0.05, 0) is 37.5 Å². The molecule has 0 aliphatic carbocycles. The quantitative estimate of drug-likeness (QED) is 0.380. The number of ether oxygens (including phenoxy) is 1. The number of carbonyl (C=O) groups is 1. The van der Waals surface area contributed by atoms with Crippen molar-refractivity contribution in [2.24, 2.45) is 0 Å². The van der Waals surface area contributed by atoms with Crippen LogP contribution in [0.15, 0.2) is 71.6 Å². The lowest BCUT2D eigenvalue weighted by atomic mass is 10.1. The van der Waals surface area contributed by atoms with Crippen LogP contribution in [0, 0.1) is 6.92 Å². The van der Waals surface area contributed by atoms with E-state index < -0.39 is 28.4 Å². The van der Waals surface area contributed by atoms with Gasteiger partial charge < -0.3 is 9.84 Å². The molecule has 166 valence electrons. The monoisotopic (exact) mass is 445 g/mol. The van der Waals surface area contributed by atoms with E-state index in [1.165, 1.54) is 17.0 Å². The van der Waals surface area contributed by atoms with Crippen molar-refractivity contribution in [2.45, 2.75) is 43.4 Å². The SMILES string of the molecule is Cc1ccc(S(=O)(=O)OCC/C=C/[C@@H]2[C@H](O)CCN2C(=O)OCc2ccccc2)cc1. The molecule has 0 aromatic heterocycles. The number of rotatable bonds is 8. The molecule has 7 nitrogen and oxygen atoms in total. The predicted octanol–water partition coefficient (Wildman–Crippen LogP) is 3.42. The van der Waals surface area contributed by atoms with E-state index in [0.29, 0.717) is 19.4 Å². The number of aliphatic hydroxyl groups is 1. The van der Waals surface area contributed by atoms with E-state index in [4.69, 9.17) is 8.92 Å². The fourth-order valence-electron chi connectivity index (χ4n) is 3.28. The molecule has 8 heteroatoms. The van der Waals surface area contributed by atoms with Crippen LogP contribution in [0.3, 0.4) is 0 Å². The minimum absolute atomic E-state index is 0.0338. The largest absolute Gasteiger partial charge is 0.445 e. The standard InChI is InChI=1S/C23H27NO6S/c1-18-10-12-20(13-11-18)31(27,28)30-16-6-5-9-21-22(25)14-15-24(21)23(26)29-17-19-7-3-2-4-8-19/h2-5,7-13,21-22,25H,6,14-17H2,1H3/b9-5+/t21-,22-/m1/s1. The van der Waals surface area contributed by atoms with Gasteiger partial charge >= 0.3 is 6.09 Å². The van der Waals surface area contributed by atoms with Crippen LogP contribution in [0.5, 0.6) is 0 Å². The van der Waals surface area contributed by atoms with Crippen LogP contribution in [0.1, 0.15) is 24.0 Å². The second-order valence-electron chi connectivity index (χ2n) is 7.39. The number of hydrogen-bond donors (Lipinski definition) is 1. The van der Waals surface area contributed by atoms with Gasteiger partial charge in [-0.25, -0.2) is 4.79 Å². The highest BCUT2D eigenvalue weighted by Crippen LogP contribution is 2.21. The number of hydrogen-bond acceptors (Lipinski definition) is 6. The Kier molecular flexibility index (Phi) is 7.84. The molecule has 2 aromatic rings. The third-order valence-electron chi connectivity index (χ3n) is 5.03. The molecule has 0 radical (unpaired) electrons. The number of carbonyl (C=O) groups excluding carboxylic acids is 1. The average molecular weight is 446 g/mol. The first-order valence-electron chi connectivity index (χ1n) is 10.1. The van der Waals surface area contributed by atoms with Gasteiger partial charge in [0.25, 0.3) is 10.1 Å². The van der Waals surface area contributed by atoms with Crippen molar-refractivity contribution in [3.8, 4) is 0 Å². The van der Waals surface area contributed by atoms with Crippen molar-refractivity contribution in [2.75, 3.05) is 13.2 Å². The first kappa shape index (κ1) is 23.0. The predicted molar refractivity (Wildman–Crippen MR) is 116 cm³/mol. The molecule has 0 spiro atoms. The lowest BCUT2D eigenvalue weighted by molar-refractivity contribution is 0.0833. The van der Waals surface area contributed by atoms with Crippen LogP contribution in [-0.4, -0.2) is 49.8 Å². The smallest absolute Gasteiger partial charge is 0.410 e. The molecular formula is C23H27NO6S. The Labute approximate surface area is 183 Å². The number of likely N-dealkylation sites (tertiary alicyclic amines) is 1. The highest BCUT2D eigenvalue weighted by Gasteiger charge is 2.35. The highest BCUT2D eigenvalue weighted by molar-refractivity contribution is 7.86. The van der Waals surface area contributed by atoms with Crippen LogP contribution in [0.25, 0.3) is 0 Å². The van der Waals surface area contributed by atoms with Crippen molar-refractivity contribution in [1.82, 2.24) is 4.90 Å². The summed E-state index contributed by atoms with van der Waals surface area (Å²) in [6.45, 7) is 2.39. The Hall–Kier alpha value is -2.68. The number of benzene rings is 2. The molecule has 1 aliphatic heterocycles. The number of aryl methyl sites for hydroxylation is 1. The van der Waals surface area contributed by atoms with Gasteiger partial charge in [0, 0.05) is 6.54 Å². The summed E-state index contributed by atoms with van der Waals surface area (Å²) in [5.41, 5.74) is 1.85. The average Bonchev–Trinajstić information content (AvgIpc) is 3.13.